The lowest BCUT2D eigenvalue weighted by atomic mass is 10.1. The van der Waals surface area contributed by atoms with Crippen LogP contribution in [-0.4, -0.2) is 25.7 Å². The number of benzene rings is 2. The van der Waals surface area contributed by atoms with E-state index in [1.807, 2.05) is 36.7 Å². The number of hydrogen-bond donors (Lipinski definition) is 1. The third kappa shape index (κ3) is 3.69. The van der Waals surface area contributed by atoms with E-state index in [1.165, 1.54) is 15.8 Å². The number of aromatic nitrogens is 4. The predicted molar refractivity (Wildman–Crippen MR) is 118 cm³/mol. The Morgan fingerprint density at radius 2 is 1.83 bits per heavy atom. The Bertz CT molecular complexity index is 1340. The van der Waals surface area contributed by atoms with Crippen LogP contribution >= 0.6 is 12.2 Å². The van der Waals surface area contributed by atoms with Gasteiger partial charge in [0.2, 0.25) is 4.77 Å². The minimum atomic E-state index is -0.247. The zero-order valence-electron chi connectivity index (χ0n) is 16.5. The maximum absolute atomic E-state index is 12.8. The van der Waals surface area contributed by atoms with Gasteiger partial charge in [-0.25, -0.2) is 0 Å². The van der Waals surface area contributed by atoms with Crippen LogP contribution in [0, 0.1) is 25.5 Å². The summed E-state index contributed by atoms with van der Waals surface area (Å²) >= 11 is 5.32. The first-order valence-corrected chi connectivity index (χ1v) is 9.73. The largest absolute Gasteiger partial charge is 0.330 e. The van der Waals surface area contributed by atoms with E-state index in [0.717, 1.165) is 17.0 Å². The summed E-state index contributed by atoms with van der Waals surface area (Å²) in [5.74, 6) is 0. The second-order valence-electron chi connectivity index (χ2n) is 7.07. The molecule has 29 heavy (non-hydrogen) atoms. The second-order valence-corrected chi connectivity index (χ2v) is 7.45. The van der Waals surface area contributed by atoms with Crippen molar-refractivity contribution >= 4 is 29.3 Å². The Hall–Kier alpha value is -3.32. The molecular weight excluding hydrogens is 382 g/mol. The van der Waals surface area contributed by atoms with Gasteiger partial charge in [-0.15, -0.1) is 0 Å². The van der Waals surface area contributed by atoms with Crippen molar-refractivity contribution in [1.82, 2.24) is 19.4 Å². The number of nitrogens with one attached hydrogen (secondary N) is 1. The van der Waals surface area contributed by atoms with E-state index < -0.39 is 0 Å². The number of hydrogen-bond acceptors (Lipinski definition) is 4. The van der Waals surface area contributed by atoms with Crippen molar-refractivity contribution < 1.29 is 0 Å². The summed E-state index contributed by atoms with van der Waals surface area (Å²) in [5.41, 5.74) is 5.57. The van der Waals surface area contributed by atoms with E-state index >= 15 is 0 Å². The monoisotopic (exact) mass is 403 g/mol. The molecule has 0 saturated heterocycles. The summed E-state index contributed by atoms with van der Waals surface area (Å²) in [4.78, 5) is 15.8. The van der Waals surface area contributed by atoms with Crippen molar-refractivity contribution in [3.63, 3.8) is 0 Å². The first-order chi connectivity index (χ1) is 13.9. The lowest BCUT2D eigenvalue weighted by Gasteiger charge is -2.05. The molecule has 0 bridgehead atoms. The Morgan fingerprint density at radius 3 is 2.59 bits per heavy atom. The highest BCUT2D eigenvalue weighted by molar-refractivity contribution is 7.71. The van der Waals surface area contributed by atoms with Crippen LogP contribution in [-0.2, 0) is 6.54 Å². The minimum absolute atomic E-state index is 0.247. The molecule has 0 aliphatic heterocycles. The molecular formula is C22H21N5OS. The van der Waals surface area contributed by atoms with Gasteiger partial charge in [-0.1, -0.05) is 42.0 Å². The van der Waals surface area contributed by atoms with Crippen molar-refractivity contribution in [2.24, 2.45) is 5.10 Å². The van der Waals surface area contributed by atoms with Crippen molar-refractivity contribution in [2.45, 2.75) is 27.3 Å². The van der Waals surface area contributed by atoms with Gasteiger partial charge in [0.1, 0.15) is 0 Å². The number of rotatable bonds is 4. The number of nitrogens with zero attached hydrogens (tertiary/aromatic N) is 4. The standard InChI is InChI=1S/C22H21N5OS/c1-14-8-10-17(11-9-14)13-26-16(3)19(15(2)25-26)12-23-27-21(28)18-6-4-5-7-20(18)24-22(27)29/h4-12H,13H2,1-3H3,(H,24,29)/b23-12-. The van der Waals surface area contributed by atoms with Gasteiger partial charge in [0.05, 0.1) is 29.4 Å². The summed E-state index contributed by atoms with van der Waals surface area (Å²) in [7, 11) is 0. The summed E-state index contributed by atoms with van der Waals surface area (Å²) in [5, 5.41) is 9.55. The number of para-hydroxylation sites is 1. The smallest absolute Gasteiger partial charge is 0.282 e. The van der Waals surface area contributed by atoms with Crippen molar-refractivity contribution in [3.8, 4) is 0 Å². The molecule has 0 atom stereocenters. The number of H-pyrrole nitrogens is 1. The third-order valence-electron chi connectivity index (χ3n) is 4.98. The molecule has 0 fully saturated rings. The maximum Gasteiger partial charge on any atom is 0.282 e. The van der Waals surface area contributed by atoms with Gasteiger partial charge < -0.3 is 4.98 Å². The zero-order chi connectivity index (χ0) is 20.5. The molecule has 146 valence electrons. The van der Waals surface area contributed by atoms with Gasteiger partial charge >= 0.3 is 0 Å². The molecule has 0 aliphatic carbocycles. The Balaban J connectivity index is 1.70. The Kier molecular flexibility index (Phi) is 4.98. The molecule has 0 radical (unpaired) electrons. The molecule has 2 heterocycles. The molecule has 7 heteroatoms. The van der Waals surface area contributed by atoms with Crippen molar-refractivity contribution in [3.05, 3.63) is 91.7 Å². The van der Waals surface area contributed by atoms with Crippen LogP contribution in [0.2, 0.25) is 0 Å². The Labute approximate surface area is 173 Å². The highest BCUT2D eigenvalue weighted by Gasteiger charge is 2.11. The number of aryl methyl sites for hydroxylation is 2. The van der Waals surface area contributed by atoms with E-state index in [1.54, 1.807) is 12.3 Å². The van der Waals surface area contributed by atoms with E-state index in [4.69, 9.17) is 12.2 Å². The fourth-order valence-corrected chi connectivity index (χ4v) is 3.53. The molecule has 2 aromatic heterocycles. The lowest BCUT2D eigenvalue weighted by Crippen LogP contribution is -2.18. The van der Waals surface area contributed by atoms with Crippen LogP contribution in [0.15, 0.2) is 58.4 Å². The van der Waals surface area contributed by atoms with Gasteiger partial charge in [0, 0.05) is 11.3 Å². The average molecular weight is 404 g/mol. The normalized spacial score (nSPS) is 11.6. The molecule has 0 spiro atoms. The quantitative estimate of drug-likeness (QED) is 0.412. The van der Waals surface area contributed by atoms with Gasteiger partial charge in [-0.05, 0) is 50.7 Å². The van der Waals surface area contributed by atoms with Crippen molar-refractivity contribution in [1.29, 1.82) is 0 Å². The fourth-order valence-electron chi connectivity index (χ4n) is 3.29. The molecule has 4 aromatic rings. The van der Waals surface area contributed by atoms with Gasteiger partial charge in [-0.2, -0.15) is 14.9 Å². The van der Waals surface area contributed by atoms with Gasteiger partial charge in [-0.3, -0.25) is 9.48 Å². The third-order valence-corrected chi connectivity index (χ3v) is 5.25. The second kappa shape index (κ2) is 7.60. The van der Waals surface area contributed by atoms with Crippen LogP contribution in [0.1, 0.15) is 28.1 Å². The zero-order valence-corrected chi connectivity index (χ0v) is 17.3. The van der Waals surface area contributed by atoms with E-state index in [2.05, 4.69) is 46.4 Å². The fraction of sp³-hybridized carbons (Fsp3) is 0.182. The molecule has 0 saturated carbocycles. The highest BCUT2D eigenvalue weighted by Crippen LogP contribution is 2.14. The lowest BCUT2D eigenvalue weighted by molar-refractivity contribution is 0.659. The summed E-state index contributed by atoms with van der Waals surface area (Å²) in [6.07, 6.45) is 1.66. The van der Waals surface area contributed by atoms with Crippen LogP contribution < -0.4 is 5.56 Å². The molecule has 0 unspecified atom stereocenters. The summed E-state index contributed by atoms with van der Waals surface area (Å²) in [6.45, 7) is 6.68. The summed E-state index contributed by atoms with van der Waals surface area (Å²) < 4.78 is 3.42. The van der Waals surface area contributed by atoms with Crippen LogP contribution in [0.5, 0.6) is 0 Å². The molecule has 1 N–H and O–H groups in total. The van der Waals surface area contributed by atoms with Gasteiger partial charge in [0.15, 0.2) is 0 Å². The topological polar surface area (TPSA) is 68.0 Å². The molecule has 0 amide bonds. The highest BCUT2D eigenvalue weighted by atomic mass is 32.1. The Morgan fingerprint density at radius 1 is 1.10 bits per heavy atom. The number of fused-ring (bicyclic) bond motifs is 1. The molecule has 0 aliphatic rings. The summed E-state index contributed by atoms with van der Waals surface area (Å²) in [6, 6.07) is 15.7. The van der Waals surface area contributed by atoms with Crippen molar-refractivity contribution in [2.75, 3.05) is 0 Å². The van der Waals surface area contributed by atoms with Crippen LogP contribution in [0.25, 0.3) is 10.9 Å². The minimum Gasteiger partial charge on any atom is -0.330 e. The maximum atomic E-state index is 12.8. The van der Waals surface area contributed by atoms with Crippen LogP contribution in [0.3, 0.4) is 0 Å². The first-order valence-electron chi connectivity index (χ1n) is 9.32. The van der Waals surface area contributed by atoms with E-state index in [-0.39, 0.29) is 10.3 Å². The first kappa shape index (κ1) is 19.0. The predicted octanol–water partition coefficient (Wildman–Crippen LogP) is 4.11. The molecule has 4 rings (SSSR count). The van der Waals surface area contributed by atoms with Crippen LogP contribution in [0.4, 0.5) is 0 Å². The SMILES string of the molecule is Cc1ccc(Cn2nc(C)c(/C=N\n3c(=S)[nH]c4ccccc4c3=O)c2C)cc1. The molecule has 6 nitrogen and oxygen atoms in total. The van der Waals surface area contributed by atoms with Gasteiger partial charge in [0.25, 0.3) is 5.56 Å². The number of aromatic amines is 1. The average Bonchev–Trinajstić information content (AvgIpc) is 2.96. The van der Waals surface area contributed by atoms with E-state index in [9.17, 15) is 4.79 Å². The molecule has 2 aromatic carbocycles. The van der Waals surface area contributed by atoms with E-state index in [0.29, 0.717) is 17.4 Å².